The van der Waals surface area contributed by atoms with Gasteiger partial charge in [0.25, 0.3) is 0 Å². The Morgan fingerprint density at radius 3 is 2.41 bits per heavy atom. The molecule has 0 aromatic heterocycles. The zero-order chi connectivity index (χ0) is 21.4. The molecule has 0 bridgehead atoms. The fourth-order valence-corrected chi connectivity index (χ4v) is 4.62. The first kappa shape index (κ1) is 20.6. The van der Waals surface area contributed by atoms with Crippen molar-refractivity contribution in [2.75, 3.05) is 19.6 Å². The van der Waals surface area contributed by atoms with Crippen LogP contribution in [-0.2, 0) is 6.18 Å². The lowest BCUT2D eigenvalue weighted by molar-refractivity contribution is -0.897. The lowest BCUT2D eigenvalue weighted by Crippen LogP contribution is -3.13. The van der Waals surface area contributed by atoms with Gasteiger partial charge in [0, 0.05) is 11.8 Å². The summed E-state index contributed by atoms with van der Waals surface area (Å²) in [4.78, 5) is 1.09. The Morgan fingerprint density at radius 1 is 1.21 bits per heavy atom. The quantitative estimate of drug-likeness (QED) is 0.749. The summed E-state index contributed by atoms with van der Waals surface area (Å²) in [7, 11) is 0. The van der Waals surface area contributed by atoms with Gasteiger partial charge in [0.1, 0.15) is 5.92 Å². The van der Waals surface area contributed by atoms with Crippen molar-refractivity contribution in [3.63, 3.8) is 0 Å². The SMILES string of the molecule is CC[NH+]1CC=C2C(C#N)C(=N)C(C#N)(C#N)[C@@H](c3ccccc3C(F)(F)F)[C@@H]2C1. The van der Waals surface area contributed by atoms with Crippen molar-refractivity contribution in [3.8, 4) is 18.2 Å². The molecule has 1 heterocycles. The summed E-state index contributed by atoms with van der Waals surface area (Å²) in [5.41, 5.74) is -3.10. The molecule has 0 spiro atoms. The first-order valence-corrected chi connectivity index (χ1v) is 9.25. The van der Waals surface area contributed by atoms with Crippen LogP contribution in [0.1, 0.15) is 24.0 Å². The Labute approximate surface area is 166 Å². The van der Waals surface area contributed by atoms with Crippen molar-refractivity contribution in [1.82, 2.24) is 0 Å². The van der Waals surface area contributed by atoms with E-state index in [1.54, 1.807) is 6.08 Å². The highest BCUT2D eigenvalue weighted by molar-refractivity contribution is 6.00. The van der Waals surface area contributed by atoms with Crippen molar-refractivity contribution < 1.29 is 18.1 Å². The van der Waals surface area contributed by atoms with Crippen molar-refractivity contribution in [2.45, 2.75) is 19.0 Å². The minimum Gasteiger partial charge on any atom is -0.331 e. The number of nitrogens with zero attached hydrogens (tertiary/aromatic N) is 3. The molecule has 1 fully saturated rings. The zero-order valence-electron chi connectivity index (χ0n) is 15.7. The summed E-state index contributed by atoms with van der Waals surface area (Å²) < 4.78 is 41.3. The smallest absolute Gasteiger partial charge is 0.331 e. The van der Waals surface area contributed by atoms with E-state index in [-0.39, 0.29) is 5.56 Å². The third-order valence-corrected chi connectivity index (χ3v) is 6.06. The number of fused-ring (bicyclic) bond motifs is 1. The van der Waals surface area contributed by atoms with Crippen LogP contribution in [0.3, 0.4) is 0 Å². The second-order valence-electron chi connectivity index (χ2n) is 7.39. The monoisotopic (exact) mass is 398 g/mol. The molecule has 2 N–H and O–H groups in total. The zero-order valence-corrected chi connectivity index (χ0v) is 15.7. The van der Waals surface area contributed by atoms with Gasteiger partial charge < -0.3 is 10.3 Å². The van der Waals surface area contributed by atoms with Crippen molar-refractivity contribution in [3.05, 3.63) is 47.0 Å². The largest absolute Gasteiger partial charge is 0.416 e. The van der Waals surface area contributed by atoms with E-state index < -0.39 is 40.6 Å². The summed E-state index contributed by atoms with van der Waals surface area (Å²) in [6.07, 6.45) is -2.87. The van der Waals surface area contributed by atoms with Gasteiger partial charge in [-0.2, -0.15) is 29.0 Å². The van der Waals surface area contributed by atoms with Gasteiger partial charge >= 0.3 is 6.18 Å². The van der Waals surface area contributed by atoms with Crippen LogP contribution in [0.4, 0.5) is 13.2 Å². The number of hydrogen-bond acceptors (Lipinski definition) is 4. The summed E-state index contributed by atoms with van der Waals surface area (Å²) in [5, 5.41) is 38.0. The topological polar surface area (TPSA) is 99.7 Å². The predicted molar refractivity (Wildman–Crippen MR) is 97.5 cm³/mol. The molecule has 1 aliphatic heterocycles. The molecule has 0 saturated heterocycles. The van der Waals surface area contributed by atoms with Gasteiger partial charge in [-0.3, -0.25) is 0 Å². The maximum atomic E-state index is 13.8. The number of nitriles is 3. The van der Waals surface area contributed by atoms with Gasteiger partial charge in [-0.1, -0.05) is 18.2 Å². The summed E-state index contributed by atoms with van der Waals surface area (Å²) in [6.45, 7) is 3.65. The molecule has 1 saturated carbocycles. The van der Waals surface area contributed by atoms with Gasteiger partial charge in [0.2, 0.25) is 0 Å². The predicted octanol–water partition coefficient (Wildman–Crippen LogP) is 2.46. The number of benzene rings is 1. The average molecular weight is 398 g/mol. The lowest BCUT2D eigenvalue weighted by atomic mass is 9.54. The Kier molecular flexibility index (Phi) is 5.22. The summed E-state index contributed by atoms with van der Waals surface area (Å²) in [5.74, 6) is -2.87. The molecular formula is C21H19F3N5+. The first-order valence-electron chi connectivity index (χ1n) is 9.25. The maximum absolute atomic E-state index is 13.8. The molecule has 2 unspecified atom stereocenters. The minimum atomic E-state index is -4.67. The standard InChI is InChI=1S/C21H18F3N5/c1-2-29-8-7-13-15(9-25)19(28)20(11-26,12-27)18(16(13)10-29)14-5-3-4-6-17(14)21(22,23)24/h3-7,15-16,18,28H,2,8,10H2,1H3/p+1/t15?,16-,18+/m1/s1. The van der Waals surface area contributed by atoms with Crippen LogP contribution in [0.5, 0.6) is 0 Å². The van der Waals surface area contributed by atoms with E-state index in [4.69, 9.17) is 5.41 Å². The second-order valence-corrected chi connectivity index (χ2v) is 7.39. The number of nitrogens with one attached hydrogen (secondary N) is 2. The van der Waals surface area contributed by atoms with Crippen LogP contribution >= 0.6 is 0 Å². The molecule has 29 heavy (non-hydrogen) atoms. The molecule has 5 nitrogen and oxygen atoms in total. The van der Waals surface area contributed by atoms with Crippen LogP contribution in [0, 0.1) is 56.7 Å². The van der Waals surface area contributed by atoms with E-state index in [2.05, 4.69) is 0 Å². The Bertz CT molecular complexity index is 975. The van der Waals surface area contributed by atoms with Crippen LogP contribution in [-0.4, -0.2) is 25.3 Å². The van der Waals surface area contributed by atoms with Crippen molar-refractivity contribution in [1.29, 1.82) is 21.2 Å². The van der Waals surface area contributed by atoms with Gasteiger partial charge in [0.05, 0.1) is 49.1 Å². The molecule has 148 valence electrons. The van der Waals surface area contributed by atoms with Crippen LogP contribution in [0.25, 0.3) is 0 Å². The van der Waals surface area contributed by atoms with E-state index >= 15 is 0 Å². The van der Waals surface area contributed by atoms with Gasteiger partial charge in [-0.15, -0.1) is 0 Å². The van der Waals surface area contributed by atoms with Gasteiger partial charge in [0.15, 0.2) is 5.41 Å². The third kappa shape index (κ3) is 3.09. The molecule has 1 aliphatic carbocycles. The number of rotatable bonds is 2. The van der Waals surface area contributed by atoms with Crippen LogP contribution in [0.2, 0.25) is 0 Å². The number of halogens is 3. The normalized spacial score (nSPS) is 28.3. The Balaban J connectivity index is 2.33. The lowest BCUT2D eigenvalue weighted by Gasteiger charge is -2.46. The molecule has 0 amide bonds. The highest BCUT2D eigenvalue weighted by atomic mass is 19.4. The van der Waals surface area contributed by atoms with Gasteiger partial charge in [-0.25, -0.2) is 0 Å². The van der Waals surface area contributed by atoms with Crippen molar-refractivity contribution in [2.24, 2.45) is 17.3 Å². The second kappa shape index (κ2) is 7.35. The van der Waals surface area contributed by atoms with E-state index in [1.807, 2.05) is 25.1 Å². The molecule has 1 aromatic rings. The summed E-state index contributed by atoms with van der Waals surface area (Å²) in [6, 6.07) is 10.6. The van der Waals surface area contributed by atoms with E-state index in [0.29, 0.717) is 25.2 Å². The Hall–Kier alpha value is -3.15. The molecule has 3 rings (SSSR count). The molecular weight excluding hydrogens is 379 g/mol. The fraction of sp³-hybridized carbons (Fsp3) is 0.429. The molecule has 8 heteroatoms. The number of likely N-dealkylation sites (N-methyl/N-ethyl adjacent to an activating group) is 1. The number of hydrogen-bond donors (Lipinski definition) is 2. The summed E-state index contributed by atoms with van der Waals surface area (Å²) >= 11 is 0. The average Bonchev–Trinajstić information content (AvgIpc) is 2.72. The van der Waals surface area contributed by atoms with Crippen molar-refractivity contribution >= 4 is 5.71 Å². The van der Waals surface area contributed by atoms with Crippen LogP contribution in [0.15, 0.2) is 35.9 Å². The Morgan fingerprint density at radius 2 is 1.86 bits per heavy atom. The number of quaternary nitrogens is 1. The molecule has 2 aliphatic rings. The van der Waals surface area contributed by atoms with E-state index in [9.17, 15) is 29.0 Å². The van der Waals surface area contributed by atoms with Crippen LogP contribution < -0.4 is 4.90 Å². The highest BCUT2D eigenvalue weighted by Gasteiger charge is 2.59. The number of alkyl halides is 3. The van der Waals surface area contributed by atoms with E-state index in [1.165, 1.54) is 18.2 Å². The van der Waals surface area contributed by atoms with Gasteiger partial charge in [-0.05, 0) is 30.2 Å². The fourth-order valence-electron chi connectivity index (χ4n) is 4.62. The highest BCUT2D eigenvalue weighted by Crippen LogP contribution is 2.54. The van der Waals surface area contributed by atoms with E-state index in [0.717, 1.165) is 11.0 Å². The molecule has 4 atom stereocenters. The maximum Gasteiger partial charge on any atom is 0.416 e. The molecule has 0 radical (unpaired) electrons. The first-order chi connectivity index (χ1) is 13.7. The third-order valence-electron chi connectivity index (χ3n) is 6.06. The minimum absolute atomic E-state index is 0.169. The molecule has 1 aromatic carbocycles.